The van der Waals surface area contributed by atoms with E-state index in [2.05, 4.69) is 26.8 Å². The van der Waals surface area contributed by atoms with Crippen LogP contribution in [0.1, 0.15) is 63.1 Å². The average molecular weight is 268 g/mol. The molecule has 2 N–H and O–H groups in total. The van der Waals surface area contributed by atoms with Gasteiger partial charge in [0.15, 0.2) is 0 Å². The topological polar surface area (TPSA) is 26.0 Å². The third-order valence-corrected chi connectivity index (χ3v) is 4.00. The maximum Gasteiger partial charge on any atom is 0.0408 e. The summed E-state index contributed by atoms with van der Waals surface area (Å²) in [6, 6.07) is 6.17. The van der Waals surface area contributed by atoms with E-state index < -0.39 is 0 Å². The van der Waals surface area contributed by atoms with E-state index in [1.165, 1.54) is 36.8 Å². The quantitative estimate of drug-likeness (QED) is 0.717. The van der Waals surface area contributed by atoms with Gasteiger partial charge in [0.2, 0.25) is 0 Å². The highest BCUT2D eigenvalue weighted by atomic mass is 35.5. The Morgan fingerprint density at radius 3 is 2.56 bits per heavy atom. The molecule has 0 aromatic heterocycles. The third-order valence-electron chi connectivity index (χ3n) is 3.76. The van der Waals surface area contributed by atoms with Crippen molar-refractivity contribution in [1.29, 1.82) is 0 Å². The number of hydrogen-bond acceptors (Lipinski definition) is 1. The molecular weight excluding hydrogens is 242 g/mol. The largest absolute Gasteiger partial charge is 0.324 e. The highest BCUT2D eigenvalue weighted by molar-refractivity contribution is 6.30. The SMILES string of the molecule is CCCCC(CC)CC(N)c1ccc(Cl)cc1C. The van der Waals surface area contributed by atoms with Gasteiger partial charge in [-0.2, -0.15) is 0 Å². The summed E-state index contributed by atoms with van der Waals surface area (Å²) >= 11 is 5.98. The molecule has 2 heteroatoms. The van der Waals surface area contributed by atoms with Crippen LogP contribution in [0.25, 0.3) is 0 Å². The third kappa shape index (κ3) is 4.62. The molecule has 102 valence electrons. The summed E-state index contributed by atoms with van der Waals surface area (Å²) in [5, 5.41) is 0.793. The average Bonchev–Trinajstić information content (AvgIpc) is 2.34. The van der Waals surface area contributed by atoms with Crippen LogP contribution in [0.3, 0.4) is 0 Å². The maximum atomic E-state index is 6.35. The highest BCUT2D eigenvalue weighted by Gasteiger charge is 2.15. The lowest BCUT2D eigenvalue weighted by Crippen LogP contribution is -2.16. The minimum absolute atomic E-state index is 0.143. The van der Waals surface area contributed by atoms with Crippen molar-refractivity contribution >= 4 is 11.6 Å². The maximum absolute atomic E-state index is 6.35. The minimum Gasteiger partial charge on any atom is -0.324 e. The Labute approximate surface area is 117 Å². The molecule has 1 rings (SSSR count). The van der Waals surface area contributed by atoms with E-state index in [0.29, 0.717) is 0 Å². The van der Waals surface area contributed by atoms with Crippen LogP contribution in [0.2, 0.25) is 5.02 Å². The summed E-state index contributed by atoms with van der Waals surface area (Å²) < 4.78 is 0. The molecule has 0 saturated carbocycles. The number of rotatable bonds is 7. The molecule has 0 radical (unpaired) electrons. The van der Waals surface area contributed by atoms with E-state index in [-0.39, 0.29) is 6.04 Å². The van der Waals surface area contributed by atoms with Gasteiger partial charge in [-0.15, -0.1) is 0 Å². The van der Waals surface area contributed by atoms with Crippen LogP contribution in [-0.4, -0.2) is 0 Å². The Hall–Kier alpha value is -0.530. The lowest BCUT2D eigenvalue weighted by molar-refractivity contribution is 0.388. The molecule has 0 spiro atoms. The molecule has 0 heterocycles. The van der Waals surface area contributed by atoms with Crippen molar-refractivity contribution in [1.82, 2.24) is 0 Å². The van der Waals surface area contributed by atoms with E-state index >= 15 is 0 Å². The minimum atomic E-state index is 0.143. The Morgan fingerprint density at radius 2 is 2.00 bits per heavy atom. The first kappa shape index (κ1) is 15.5. The summed E-state index contributed by atoms with van der Waals surface area (Å²) in [4.78, 5) is 0. The molecular formula is C16H26ClN. The fraction of sp³-hybridized carbons (Fsp3) is 0.625. The summed E-state index contributed by atoms with van der Waals surface area (Å²) in [7, 11) is 0. The summed E-state index contributed by atoms with van der Waals surface area (Å²) in [5.41, 5.74) is 8.80. The summed E-state index contributed by atoms with van der Waals surface area (Å²) in [6.45, 7) is 6.60. The van der Waals surface area contributed by atoms with Crippen molar-refractivity contribution in [3.05, 3.63) is 34.3 Å². The first-order chi connectivity index (χ1) is 8.58. The van der Waals surface area contributed by atoms with E-state index in [1.807, 2.05) is 12.1 Å². The van der Waals surface area contributed by atoms with Gasteiger partial charge in [0.05, 0.1) is 0 Å². The normalized spacial score (nSPS) is 14.5. The first-order valence-corrected chi connectivity index (χ1v) is 7.47. The molecule has 18 heavy (non-hydrogen) atoms. The molecule has 0 fully saturated rings. The fourth-order valence-electron chi connectivity index (χ4n) is 2.52. The van der Waals surface area contributed by atoms with Gasteiger partial charge in [-0.25, -0.2) is 0 Å². The number of benzene rings is 1. The van der Waals surface area contributed by atoms with Gasteiger partial charge in [0.1, 0.15) is 0 Å². The van der Waals surface area contributed by atoms with Gasteiger partial charge in [-0.05, 0) is 42.5 Å². The predicted octanol–water partition coefficient (Wildman–Crippen LogP) is 5.25. The summed E-state index contributed by atoms with van der Waals surface area (Å²) in [5.74, 6) is 0.745. The van der Waals surface area contributed by atoms with E-state index in [1.54, 1.807) is 0 Å². The molecule has 0 aliphatic carbocycles. The van der Waals surface area contributed by atoms with Crippen LogP contribution in [0, 0.1) is 12.8 Å². The van der Waals surface area contributed by atoms with Crippen LogP contribution >= 0.6 is 11.6 Å². The van der Waals surface area contributed by atoms with Crippen LogP contribution < -0.4 is 5.73 Å². The molecule has 2 unspecified atom stereocenters. The standard InChI is InChI=1S/C16H26ClN/c1-4-6-7-13(5-2)11-16(18)15-9-8-14(17)10-12(15)3/h8-10,13,16H,4-7,11,18H2,1-3H3. The van der Waals surface area contributed by atoms with Crippen LogP contribution in [0.5, 0.6) is 0 Å². The van der Waals surface area contributed by atoms with E-state index in [0.717, 1.165) is 17.4 Å². The zero-order valence-corrected chi connectivity index (χ0v) is 12.6. The second-order valence-corrected chi connectivity index (χ2v) is 5.70. The van der Waals surface area contributed by atoms with Gasteiger partial charge in [0.25, 0.3) is 0 Å². The molecule has 0 bridgehead atoms. The van der Waals surface area contributed by atoms with Gasteiger partial charge in [-0.3, -0.25) is 0 Å². The Bertz CT molecular complexity index is 362. The number of unbranched alkanes of at least 4 members (excludes halogenated alkanes) is 1. The molecule has 1 nitrogen and oxygen atoms in total. The van der Waals surface area contributed by atoms with Crippen molar-refractivity contribution in [3.8, 4) is 0 Å². The number of aryl methyl sites for hydroxylation is 1. The number of hydrogen-bond donors (Lipinski definition) is 1. The molecule has 2 atom stereocenters. The first-order valence-electron chi connectivity index (χ1n) is 7.10. The lowest BCUT2D eigenvalue weighted by Gasteiger charge is -2.21. The molecule has 1 aromatic carbocycles. The summed E-state index contributed by atoms with van der Waals surface area (Å²) in [6.07, 6.45) is 6.18. The molecule has 0 saturated heterocycles. The molecule has 0 aliphatic rings. The van der Waals surface area contributed by atoms with Gasteiger partial charge < -0.3 is 5.73 Å². The fourth-order valence-corrected chi connectivity index (χ4v) is 2.75. The van der Waals surface area contributed by atoms with Crippen molar-refractivity contribution < 1.29 is 0 Å². The highest BCUT2D eigenvalue weighted by Crippen LogP contribution is 2.28. The van der Waals surface area contributed by atoms with E-state index in [9.17, 15) is 0 Å². The zero-order valence-electron chi connectivity index (χ0n) is 11.9. The Morgan fingerprint density at radius 1 is 1.28 bits per heavy atom. The van der Waals surface area contributed by atoms with Crippen LogP contribution in [-0.2, 0) is 0 Å². The zero-order chi connectivity index (χ0) is 13.5. The van der Waals surface area contributed by atoms with Gasteiger partial charge in [-0.1, -0.05) is 57.2 Å². The van der Waals surface area contributed by atoms with Gasteiger partial charge >= 0.3 is 0 Å². The van der Waals surface area contributed by atoms with Crippen molar-refractivity contribution in [2.45, 2.75) is 58.9 Å². The Kier molecular flexibility index (Phi) is 6.73. The van der Waals surface area contributed by atoms with Crippen LogP contribution in [0.15, 0.2) is 18.2 Å². The van der Waals surface area contributed by atoms with Gasteiger partial charge in [0, 0.05) is 11.1 Å². The van der Waals surface area contributed by atoms with Crippen molar-refractivity contribution in [2.75, 3.05) is 0 Å². The number of halogens is 1. The second kappa shape index (κ2) is 7.81. The lowest BCUT2D eigenvalue weighted by atomic mass is 9.88. The van der Waals surface area contributed by atoms with E-state index in [4.69, 9.17) is 17.3 Å². The second-order valence-electron chi connectivity index (χ2n) is 5.26. The Balaban J connectivity index is 2.65. The molecule has 0 amide bonds. The van der Waals surface area contributed by atoms with Crippen LogP contribution in [0.4, 0.5) is 0 Å². The smallest absolute Gasteiger partial charge is 0.0408 e. The molecule has 0 aliphatic heterocycles. The van der Waals surface area contributed by atoms with Crippen molar-refractivity contribution in [2.24, 2.45) is 11.7 Å². The molecule has 1 aromatic rings. The monoisotopic (exact) mass is 267 g/mol. The number of nitrogens with two attached hydrogens (primary N) is 1. The predicted molar refractivity (Wildman–Crippen MR) is 81.0 cm³/mol. The van der Waals surface area contributed by atoms with Crippen molar-refractivity contribution in [3.63, 3.8) is 0 Å².